The summed E-state index contributed by atoms with van der Waals surface area (Å²) < 4.78 is 17.3. The standard InChI is InChI=1S/C28H40FNO6/c1-17-13-21-20-8-7-18-14-19(32)9-11-25(18,2)28(20,29)22(33)15-26(21,3)27(17,23(34)16-31)10-5-4-6-12-30-24(35)36/h9,11,14,17,20-22,30-31,33H,4-8,10,12-13,15-16H2,1-3H3,(H,35,36)/t17-,20?,21?,22-,25-,26-,27-,28?/m0/s1. The smallest absolute Gasteiger partial charge is 0.404 e. The normalized spacial score (nSPS) is 43.3. The zero-order chi connectivity index (χ0) is 26.5. The number of amides is 1. The van der Waals surface area contributed by atoms with E-state index in [9.17, 15) is 24.6 Å². The third-order valence-electron chi connectivity index (χ3n) is 10.7. The number of nitrogens with one attached hydrogen (secondary N) is 1. The summed E-state index contributed by atoms with van der Waals surface area (Å²) in [5.41, 5.74) is -3.85. The minimum absolute atomic E-state index is 0.0907. The summed E-state index contributed by atoms with van der Waals surface area (Å²) in [6.07, 6.45) is 6.59. The van der Waals surface area contributed by atoms with E-state index in [1.807, 2.05) is 13.8 Å². The average molecular weight is 506 g/mol. The van der Waals surface area contributed by atoms with Crippen molar-refractivity contribution in [1.82, 2.24) is 5.32 Å². The molecular formula is C28H40FNO6. The molecule has 0 aliphatic heterocycles. The molecular weight excluding hydrogens is 465 g/mol. The highest BCUT2D eigenvalue weighted by Crippen LogP contribution is 2.74. The van der Waals surface area contributed by atoms with Gasteiger partial charge in [0, 0.05) is 23.3 Å². The number of Topliss-reactive ketones (excluding diaryl/α,β-unsaturated/α-hetero) is 1. The molecule has 0 saturated heterocycles. The summed E-state index contributed by atoms with van der Waals surface area (Å²) in [5, 5.41) is 32.7. The van der Waals surface area contributed by atoms with E-state index < -0.39 is 46.6 Å². The van der Waals surface area contributed by atoms with Crippen LogP contribution in [0.4, 0.5) is 9.18 Å². The van der Waals surface area contributed by atoms with Gasteiger partial charge in [-0.25, -0.2) is 9.18 Å². The fraction of sp³-hybridized carbons (Fsp3) is 0.750. The SMILES string of the molecule is C[C@H]1CC2C3CCC4=CC(=O)C=C[C@]4(C)C3(F)[C@@H](O)C[C@]2(C)[C@]1(CCCCCNC(=O)O)C(=O)CO. The van der Waals surface area contributed by atoms with Crippen molar-refractivity contribution in [2.75, 3.05) is 13.2 Å². The molecule has 4 N–H and O–H groups in total. The second-order valence-corrected chi connectivity index (χ2v) is 12.0. The number of rotatable bonds is 8. The maximum absolute atomic E-state index is 17.3. The molecule has 4 rings (SSSR count). The van der Waals surface area contributed by atoms with Crippen molar-refractivity contribution in [2.45, 2.75) is 83.9 Å². The second kappa shape index (κ2) is 9.35. The molecule has 3 unspecified atom stereocenters. The summed E-state index contributed by atoms with van der Waals surface area (Å²) in [4.78, 5) is 36.2. The monoisotopic (exact) mass is 505 g/mol. The van der Waals surface area contributed by atoms with Crippen LogP contribution >= 0.6 is 0 Å². The van der Waals surface area contributed by atoms with E-state index >= 15 is 4.39 Å². The average Bonchev–Trinajstić information content (AvgIpc) is 3.04. The Balaban J connectivity index is 1.66. The van der Waals surface area contributed by atoms with Gasteiger partial charge >= 0.3 is 6.09 Å². The van der Waals surface area contributed by atoms with Crippen LogP contribution < -0.4 is 5.32 Å². The highest BCUT2D eigenvalue weighted by atomic mass is 19.1. The van der Waals surface area contributed by atoms with Gasteiger partial charge in [0.15, 0.2) is 17.2 Å². The Morgan fingerprint density at radius 1 is 1.19 bits per heavy atom. The Hall–Kier alpha value is -2.06. The van der Waals surface area contributed by atoms with Crippen LogP contribution in [0.15, 0.2) is 23.8 Å². The van der Waals surface area contributed by atoms with E-state index in [1.165, 1.54) is 12.2 Å². The molecule has 3 saturated carbocycles. The van der Waals surface area contributed by atoms with Gasteiger partial charge < -0.3 is 20.6 Å². The third kappa shape index (κ3) is 3.62. The van der Waals surface area contributed by atoms with Gasteiger partial charge in [-0.05, 0) is 74.9 Å². The van der Waals surface area contributed by atoms with Crippen molar-refractivity contribution >= 4 is 17.7 Å². The molecule has 0 bridgehead atoms. The molecule has 1 amide bonds. The van der Waals surface area contributed by atoms with Gasteiger partial charge in [-0.2, -0.15) is 0 Å². The van der Waals surface area contributed by atoms with E-state index in [2.05, 4.69) is 5.32 Å². The summed E-state index contributed by atoms with van der Waals surface area (Å²) in [5.74, 6) is -1.10. The zero-order valence-corrected chi connectivity index (χ0v) is 21.6. The summed E-state index contributed by atoms with van der Waals surface area (Å²) in [7, 11) is 0. The molecule has 0 aromatic carbocycles. The molecule has 0 heterocycles. The van der Waals surface area contributed by atoms with Gasteiger partial charge in [-0.3, -0.25) is 9.59 Å². The molecule has 4 aliphatic rings. The summed E-state index contributed by atoms with van der Waals surface area (Å²) >= 11 is 0. The molecule has 200 valence electrons. The molecule has 0 aromatic rings. The Morgan fingerprint density at radius 3 is 2.58 bits per heavy atom. The number of carboxylic acid groups (broad SMARTS) is 1. The van der Waals surface area contributed by atoms with Crippen LogP contribution in [0.5, 0.6) is 0 Å². The Labute approximate surface area is 212 Å². The number of carbonyl (C=O) groups is 3. The number of alkyl halides is 1. The van der Waals surface area contributed by atoms with Crippen LogP contribution in [-0.2, 0) is 9.59 Å². The van der Waals surface area contributed by atoms with E-state index in [1.54, 1.807) is 13.0 Å². The van der Waals surface area contributed by atoms with Crippen molar-refractivity contribution in [2.24, 2.45) is 34.0 Å². The number of aliphatic hydroxyl groups excluding tert-OH is 2. The van der Waals surface area contributed by atoms with Gasteiger partial charge in [-0.1, -0.05) is 38.3 Å². The number of carbonyl (C=O) groups excluding carboxylic acids is 2. The largest absolute Gasteiger partial charge is 0.465 e. The van der Waals surface area contributed by atoms with Crippen LogP contribution in [0.1, 0.15) is 72.1 Å². The predicted molar refractivity (Wildman–Crippen MR) is 132 cm³/mol. The number of hydrogen-bond acceptors (Lipinski definition) is 5. The lowest BCUT2D eigenvalue weighted by molar-refractivity contribution is -0.208. The minimum atomic E-state index is -1.95. The lowest BCUT2D eigenvalue weighted by atomic mass is 9.42. The fourth-order valence-corrected chi connectivity index (χ4v) is 8.96. The topological polar surface area (TPSA) is 124 Å². The van der Waals surface area contributed by atoms with Crippen LogP contribution in [0.2, 0.25) is 0 Å². The number of halogens is 1. The number of allylic oxidation sites excluding steroid dienone is 4. The van der Waals surface area contributed by atoms with Crippen LogP contribution in [0, 0.1) is 34.0 Å². The van der Waals surface area contributed by atoms with Crippen LogP contribution in [0.25, 0.3) is 0 Å². The van der Waals surface area contributed by atoms with Gasteiger partial charge in [0.25, 0.3) is 0 Å². The first kappa shape index (κ1) is 27.0. The second-order valence-electron chi connectivity index (χ2n) is 12.0. The third-order valence-corrected chi connectivity index (χ3v) is 10.7. The number of ketones is 2. The molecule has 7 nitrogen and oxygen atoms in total. The molecule has 3 fully saturated rings. The first-order valence-electron chi connectivity index (χ1n) is 13.3. The van der Waals surface area contributed by atoms with Crippen molar-refractivity contribution in [3.63, 3.8) is 0 Å². The van der Waals surface area contributed by atoms with Crippen molar-refractivity contribution in [3.05, 3.63) is 23.8 Å². The summed E-state index contributed by atoms with van der Waals surface area (Å²) in [6.45, 7) is 5.56. The van der Waals surface area contributed by atoms with Crippen molar-refractivity contribution in [3.8, 4) is 0 Å². The maximum atomic E-state index is 17.3. The molecule has 0 radical (unpaired) electrons. The molecule has 8 heteroatoms. The number of fused-ring (bicyclic) bond motifs is 5. The van der Waals surface area contributed by atoms with Crippen LogP contribution in [0.3, 0.4) is 0 Å². The predicted octanol–water partition coefficient (Wildman–Crippen LogP) is 3.98. The maximum Gasteiger partial charge on any atom is 0.404 e. The molecule has 0 spiro atoms. The van der Waals surface area contributed by atoms with Gasteiger partial charge in [-0.15, -0.1) is 0 Å². The summed E-state index contributed by atoms with van der Waals surface area (Å²) in [6, 6.07) is 0. The lowest BCUT2D eigenvalue weighted by Gasteiger charge is -2.63. The molecule has 36 heavy (non-hydrogen) atoms. The zero-order valence-electron chi connectivity index (χ0n) is 21.6. The Morgan fingerprint density at radius 2 is 1.92 bits per heavy atom. The van der Waals surface area contributed by atoms with E-state index in [-0.39, 0.29) is 29.8 Å². The number of hydrogen-bond donors (Lipinski definition) is 4. The fourth-order valence-electron chi connectivity index (χ4n) is 8.96. The van der Waals surface area contributed by atoms with Crippen molar-refractivity contribution < 1.29 is 34.1 Å². The molecule has 8 atom stereocenters. The first-order valence-corrected chi connectivity index (χ1v) is 13.3. The highest BCUT2D eigenvalue weighted by molar-refractivity contribution is 6.01. The van der Waals surface area contributed by atoms with Gasteiger partial charge in [0.2, 0.25) is 0 Å². The Kier molecular flexibility index (Phi) is 7.01. The Bertz CT molecular complexity index is 995. The number of unbranched alkanes of at least 4 members (excludes halogenated alkanes) is 2. The lowest BCUT2D eigenvalue weighted by Crippen LogP contribution is -2.68. The highest BCUT2D eigenvalue weighted by Gasteiger charge is 2.75. The van der Waals surface area contributed by atoms with Gasteiger partial charge in [0.1, 0.15) is 6.61 Å². The minimum Gasteiger partial charge on any atom is -0.465 e. The first-order chi connectivity index (χ1) is 16.9. The van der Waals surface area contributed by atoms with E-state index in [0.717, 1.165) is 12.0 Å². The van der Waals surface area contributed by atoms with E-state index in [0.29, 0.717) is 45.1 Å². The molecule has 4 aliphatic carbocycles. The quantitative estimate of drug-likeness (QED) is 0.370. The van der Waals surface area contributed by atoms with Crippen molar-refractivity contribution in [1.29, 1.82) is 0 Å². The van der Waals surface area contributed by atoms with Crippen LogP contribution in [-0.4, -0.2) is 57.9 Å². The van der Waals surface area contributed by atoms with E-state index in [4.69, 9.17) is 5.11 Å². The number of aliphatic hydroxyl groups is 2. The molecule has 0 aromatic heterocycles. The van der Waals surface area contributed by atoms with Gasteiger partial charge in [0.05, 0.1) is 6.10 Å².